The predicted octanol–water partition coefficient (Wildman–Crippen LogP) is 2.28. The highest BCUT2D eigenvalue weighted by Gasteiger charge is 2.31. The largest absolute Gasteiger partial charge is 0.504 e. The first-order valence-electron chi connectivity index (χ1n) is 7.11. The first-order valence-corrected chi connectivity index (χ1v) is 7.11. The van der Waals surface area contributed by atoms with Crippen molar-refractivity contribution in [1.82, 2.24) is 5.32 Å². The maximum absolute atomic E-state index is 10.3. The monoisotopic (exact) mass is 267 g/mol. The van der Waals surface area contributed by atoms with Gasteiger partial charge in [-0.2, -0.15) is 0 Å². The molecule has 0 saturated heterocycles. The van der Waals surface area contributed by atoms with Gasteiger partial charge in [0.15, 0.2) is 11.5 Å². The van der Waals surface area contributed by atoms with Crippen LogP contribution in [0.4, 0.5) is 0 Å². The standard InChI is InChI=1S/C17H17NO2/c19-15-8-11-5-6-18-9-14-12-4-2-1-3-10(12)7-13(16(11)14)17(15)20/h1-4,8,14,18-20H,5-7,9H2. The second-order valence-electron chi connectivity index (χ2n) is 5.68. The van der Waals surface area contributed by atoms with Gasteiger partial charge in [0.05, 0.1) is 0 Å². The summed E-state index contributed by atoms with van der Waals surface area (Å²) in [5.41, 5.74) is 5.90. The van der Waals surface area contributed by atoms with Crippen LogP contribution in [0.1, 0.15) is 33.7 Å². The summed E-state index contributed by atoms with van der Waals surface area (Å²) in [5.74, 6) is 0.350. The number of hydrogen-bond acceptors (Lipinski definition) is 3. The van der Waals surface area contributed by atoms with E-state index in [9.17, 15) is 10.2 Å². The second-order valence-corrected chi connectivity index (χ2v) is 5.68. The number of hydrogen-bond donors (Lipinski definition) is 3. The smallest absolute Gasteiger partial charge is 0.161 e. The lowest BCUT2D eigenvalue weighted by Crippen LogP contribution is -2.24. The van der Waals surface area contributed by atoms with Gasteiger partial charge in [-0.25, -0.2) is 0 Å². The molecule has 0 radical (unpaired) electrons. The van der Waals surface area contributed by atoms with Crippen molar-refractivity contribution in [3.8, 4) is 11.5 Å². The van der Waals surface area contributed by atoms with Crippen LogP contribution in [0, 0.1) is 0 Å². The van der Waals surface area contributed by atoms with Gasteiger partial charge in [-0.3, -0.25) is 0 Å². The van der Waals surface area contributed by atoms with Crippen molar-refractivity contribution in [2.45, 2.75) is 18.8 Å². The summed E-state index contributed by atoms with van der Waals surface area (Å²) in [4.78, 5) is 0. The van der Waals surface area contributed by atoms with Crippen LogP contribution >= 0.6 is 0 Å². The van der Waals surface area contributed by atoms with Crippen molar-refractivity contribution in [2.75, 3.05) is 13.1 Å². The Morgan fingerprint density at radius 3 is 2.85 bits per heavy atom. The second kappa shape index (κ2) is 4.25. The van der Waals surface area contributed by atoms with Gasteiger partial charge in [0.2, 0.25) is 0 Å². The molecule has 20 heavy (non-hydrogen) atoms. The molecule has 3 heteroatoms. The molecule has 0 aromatic heterocycles. The number of rotatable bonds is 0. The molecule has 1 aliphatic carbocycles. The summed E-state index contributed by atoms with van der Waals surface area (Å²) < 4.78 is 0. The maximum Gasteiger partial charge on any atom is 0.161 e. The molecule has 1 heterocycles. The summed E-state index contributed by atoms with van der Waals surface area (Å²) >= 11 is 0. The zero-order valence-electron chi connectivity index (χ0n) is 11.2. The summed E-state index contributed by atoms with van der Waals surface area (Å²) in [6.45, 7) is 1.80. The minimum absolute atomic E-state index is 0.0128. The third-order valence-corrected chi connectivity index (χ3v) is 4.58. The van der Waals surface area contributed by atoms with Crippen molar-refractivity contribution in [3.05, 3.63) is 58.1 Å². The Morgan fingerprint density at radius 2 is 1.95 bits per heavy atom. The van der Waals surface area contributed by atoms with E-state index in [0.717, 1.165) is 25.1 Å². The normalized spacial score (nSPS) is 19.9. The molecule has 0 fully saturated rings. The third-order valence-electron chi connectivity index (χ3n) is 4.58. The average molecular weight is 267 g/mol. The summed E-state index contributed by atoms with van der Waals surface area (Å²) in [5, 5.41) is 23.7. The van der Waals surface area contributed by atoms with Gasteiger partial charge < -0.3 is 15.5 Å². The third kappa shape index (κ3) is 1.56. The first-order chi connectivity index (χ1) is 9.75. The van der Waals surface area contributed by atoms with Crippen LogP contribution in [0.3, 0.4) is 0 Å². The molecule has 1 unspecified atom stereocenters. The van der Waals surface area contributed by atoms with Gasteiger partial charge in [0.25, 0.3) is 0 Å². The van der Waals surface area contributed by atoms with Crippen LogP contribution < -0.4 is 5.32 Å². The van der Waals surface area contributed by atoms with Crippen LogP contribution in [0.2, 0.25) is 0 Å². The van der Waals surface area contributed by atoms with Crippen LogP contribution in [0.15, 0.2) is 30.3 Å². The minimum Gasteiger partial charge on any atom is -0.504 e. The molecule has 2 aromatic carbocycles. The predicted molar refractivity (Wildman–Crippen MR) is 77.4 cm³/mol. The Labute approximate surface area is 117 Å². The van der Waals surface area contributed by atoms with E-state index in [-0.39, 0.29) is 17.4 Å². The molecule has 1 aliphatic heterocycles. The number of aromatic hydroxyl groups is 2. The van der Waals surface area contributed by atoms with Gasteiger partial charge in [-0.15, -0.1) is 0 Å². The fourth-order valence-electron chi connectivity index (χ4n) is 3.67. The zero-order valence-corrected chi connectivity index (χ0v) is 11.2. The number of benzene rings is 2. The van der Waals surface area contributed by atoms with E-state index in [1.165, 1.54) is 22.3 Å². The van der Waals surface area contributed by atoms with Crippen molar-refractivity contribution in [3.63, 3.8) is 0 Å². The van der Waals surface area contributed by atoms with Crippen molar-refractivity contribution in [2.24, 2.45) is 0 Å². The molecule has 1 atom stereocenters. The van der Waals surface area contributed by atoms with E-state index in [1.807, 2.05) is 6.07 Å². The SMILES string of the molecule is Oc1cc2c3c(c1O)Cc1ccccc1C3CNCC2. The summed E-state index contributed by atoms with van der Waals surface area (Å²) in [6.07, 6.45) is 1.60. The molecular formula is C17H17NO2. The highest BCUT2D eigenvalue weighted by atomic mass is 16.3. The van der Waals surface area contributed by atoms with Gasteiger partial charge in [-0.1, -0.05) is 24.3 Å². The number of phenols is 2. The van der Waals surface area contributed by atoms with E-state index < -0.39 is 0 Å². The lowest BCUT2D eigenvalue weighted by Gasteiger charge is -2.30. The molecule has 3 N–H and O–H groups in total. The molecule has 0 saturated carbocycles. The van der Waals surface area contributed by atoms with E-state index in [4.69, 9.17) is 0 Å². The highest BCUT2D eigenvalue weighted by molar-refractivity contribution is 5.61. The molecule has 2 aromatic rings. The van der Waals surface area contributed by atoms with Crippen LogP contribution in [-0.4, -0.2) is 23.3 Å². The molecule has 3 nitrogen and oxygen atoms in total. The van der Waals surface area contributed by atoms with E-state index >= 15 is 0 Å². The first kappa shape index (κ1) is 11.8. The van der Waals surface area contributed by atoms with Gasteiger partial charge in [0.1, 0.15) is 0 Å². The van der Waals surface area contributed by atoms with Crippen LogP contribution in [0.5, 0.6) is 11.5 Å². The Balaban J connectivity index is 2.02. The molecular weight excluding hydrogens is 250 g/mol. The zero-order chi connectivity index (χ0) is 13.7. The summed E-state index contributed by atoms with van der Waals surface area (Å²) in [7, 11) is 0. The van der Waals surface area contributed by atoms with Crippen LogP contribution in [0.25, 0.3) is 0 Å². The number of phenolic OH excluding ortho intramolecular Hbond substituents is 2. The molecule has 4 rings (SSSR count). The number of fused-ring (bicyclic) bond motifs is 2. The minimum atomic E-state index is 0.0128. The van der Waals surface area contributed by atoms with E-state index in [1.54, 1.807) is 6.07 Å². The molecule has 0 amide bonds. The molecule has 0 bridgehead atoms. The molecule has 102 valence electrons. The van der Waals surface area contributed by atoms with Gasteiger partial charge in [0, 0.05) is 24.4 Å². The van der Waals surface area contributed by atoms with Crippen molar-refractivity contribution < 1.29 is 10.2 Å². The highest BCUT2D eigenvalue weighted by Crippen LogP contribution is 2.45. The Hall–Kier alpha value is -2.00. The lowest BCUT2D eigenvalue weighted by molar-refractivity contribution is 0.398. The van der Waals surface area contributed by atoms with E-state index in [2.05, 4.69) is 23.5 Å². The van der Waals surface area contributed by atoms with Crippen molar-refractivity contribution in [1.29, 1.82) is 0 Å². The van der Waals surface area contributed by atoms with Gasteiger partial charge >= 0.3 is 0 Å². The maximum atomic E-state index is 10.3. The van der Waals surface area contributed by atoms with Crippen LogP contribution in [-0.2, 0) is 12.8 Å². The topological polar surface area (TPSA) is 52.5 Å². The molecule has 2 aliphatic rings. The number of nitrogens with one attached hydrogen (secondary N) is 1. The van der Waals surface area contributed by atoms with Crippen molar-refractivity contribution >= 4 is 0 Å². The van der Waals surface area contributed by atoms with Gasteiger partial charge in [-0.05, 0) is 41.3 Å². The fourth-order valence-corrected chi connectivity index (χ4v) is 3.67. The molecule has 0 spiro atoms. The average Bonchev–Trinajstić information content (AvgIpc) is 2.68. The summed E-state index contributed by atoms with van der Waals surface area (Å²) in [6, 6.07) is 10.2. The Morgan fingerprint density at radius 1 is 1.10 bits per heavy atom. The Kier molecular flexibility index (Phi) is 2.51. The Bertz CT molecular complexity index is 694. The lowest BCUT2D eigenvalue weighted by atomic mass is 9.75. The van der Waals surface area contributed by atoms with E-state index in [0.29, 0.717) is 6.42 Å². The fraction of sp³-hybridized carbons (Fsp3) is 0.294. The quantitative estimate of drug-likeness (QED) is 0.642.